The van der Waals surface area contributed by atoms with Crippen LogP contribution < -0.4 is 5.73 Å². The van der Waals surface area contributed by atoms with Crippen LogP contribution in [0.25, 0.3) is 11.3 Å². The molecule has 2 rings (SSSR count). The van der Waals surface area contributed by atoms with Crippen LogP contribution in [0, 0.1) is 5.82 Å². The third-order valence-corrected chi connectivity index (χ3v) is 1.91. The van der Waals surface area contributed by atoms with Gasteiger partial charge in [-0.25, -0.2) is 4.39 Å². The Morgan fingerprint density at radius 3 is 2.67 bits per heavy atom. The Labute approximate surface area is 92.5 Å². The number of nitrogens with two attached hydrogens (primary N) is 1. The topological polar surface area (TPSA) is 52.0 Å². The van der Waals surface area contributed by atoms with Crippen LogP contribution in [-0.4, -0.2) is 5.16 Å². The summed E-state index contributed by atoms with van der Waals surface area (Å²) in [5.74, 6) is 0.229. The largest absolute Gasteiger partial charge is 0.359 e. The quantitative estimate of drug-likeness (QED) is 0.859. The molecular weight excluding hydrogens is 219 g/mol. The van der Waals surface area contributed by atoms with E-state index in [2.05, 4.69) is 5.16 Å². The SMILES string of the molecule is Cl.NCc1cc(-c2ccccc2F)no1. The Kier molecular flexibility index (Phi) is 3.82. The van der Waals surface area contributed by atoms with Gasteiger partial charge in [-0.3, -0.25) is 0 Å². The van der Waals surface area contributed by atoms with Crippen molar-refractivity contribution < 1.29 is 8.91 Å². The Hall–Kier alpha value is -1.39. The average molecular weight is 229 g/mol. The van der Waals surface area contributed by atoms with Gasteiger partial charge in [-0.1, -0.05) is 17.3 Å². The first-order valence-electron chi connectivity index (χ1n) is 4.22. The Bertz CT molecular complexity index is 444. The maximum Gasteiger partial charge on any atom is 0.150 e. The molecule has 2 aromatic rings. The van der Waals surface area contributed by atoms with E-state index in [1.54, 1.807) is 24.3 Å². The zero-order chi connectivity index (χ0) is 9.97. The van der Waals surface area contributed by atoms with Crippen molar-refractivity contribution in [1.82, 2.24) is 5.16 Å². The van der Waals surface area contributed by atoms with Gasteiger partial charge in [-0.2, -0.15) is 0 Å². The number of hydrogen-bond donors (Lipinski definition) is 1. The van der Waals surface area contributed by atoms with Crippen LogP contribution in [0.2, 0.25) is 0 Å². The van der Waals surface area contributed by atoms with Crippen molar-refractivity contribution >= 4 is 12.4 Å². The lowest BCUT2D eigenvalue weighted by atomic mass is 10.1. The molecule has 0 saturated carbocycles. The van der Waals surface area contributed by atoms with Gasteiger partial charge in [0.15, 0.2) is 5.76 Å². The summed E-state index contributed by atoms with van der Waals surface area (Å²) in [5.41, 5.74) is 6.25. The highest BCUT2D eigenvalue weighted by Crippen LogP contribution is 2.21. The minimum Gasteiger partial charge on any atom is -0.359 e. The van der Waals surface area contributed by atoms with E-state index < -0.39 is 0 Å². The number of aromatic nitrogens is 1. The second-order valence-electron chi connectivity index (χ2n) is 2.86. The number of nitrogens with zero attached hydrogens (tertiary/aromatic N) is 1. The van der Waals surface area contributed by atoms with Crippen LogP contribution in [-0.2, 0) is 6.54 Å². The van der Waals surface area contributed by atoms with E-state index in [0.717, 1.165) is 0 Å². The second-order valence-corrected chi connectivity index (χ2v) is 2.86. The summed E-state index contributed by atoms with van der Waals surface area (Å²) in [4.78, 5) is 0. The third kappa shape index (κ3) is 2.34. The first-order chi connectivity index (χ1) is 6.81. The predicted octanol–water partition coefficient (Wildman–Crippen LogP) is 2.36. The molecule has 5 heteroatoms. The molecule has 80 valence electrons. The zero-order valence-electron chi connectivity index (χ0n) is 7.81. The molecule has 1 aromatic carbocycles. The van der Waals surface area contributed by atoms with Crippen LogP contribution in [0.5, 0.6) is 0 Å². The normalized spacial score (nSPS) is 9.73. The van der Waals surface area contributed by atoms with Gasteiger partial charge in [0, 0.05) is 11.6 Å². The van der Waals surface area contributed by atoms with Crippen LogP contribution in [0.3, 0.4) is 0 Å². The summed E-state index contributed by atoms with van der Waals surface area (Å²) < 4.78 is 18.2. The molecule has 1 heterocycles. The Balaban J connectivity index is 0.00000112. The van der Waals surface area contributed by atoms with E-state index in [9.17, 15) is 4.39 Å². The molecule has 0 atom stereocenters. The first kappa shape index (κ1) is 11.7. The zero-order valence-corrected chi connectivity index (χ0v) is 8.63. The van der Waals surface area contributed by atoms with Crippen molar-refractivity contribution in [3.8, 4) is 11.3 Å². The van der Waals surface area contributed by atoms with Gasteiger partial charge in [0.2, 0.25) is 0 Å². The van der Waals surface area contributed by atoms with Gasteiger partial charge >= 0.3 is 0 Å². The minimum absolute atomic E-state index is 0. The van der Waals surface area contributed by atoms with Crippen LogP contribution >= 0.6 is 12.4 Å². The molecule has 0 spiro atoms. The molecular formula is C10H10ClFN2O. The summed E-state index contributed by atoms with van der Waals surface area (Å²) in [6.07, 6.45) is 0. The van der Waals surface area contributed by atoms with E-state index >= 15 is 0 Å². The van der Waals surface area contributed by atoms with E-state index in [1.807, 2.05) is 0 Å². The standard InChI is InChI=1S/C10H9FN2O.ClH/c11-9-4-2-1-3-8(9)10-5-7(6-12)14-13-10;/h1-5H,6,12H2;1H. The van der Waals surface area contributed by atoms with Gasteiger partial charge in [0.05, 0.1) is 6.54 Å². The second kappa shape index (κ2) is 4.91. The number of halogens is 2. The van der Waals surface area contributed by atoms with Crippen molar-refractivity contribution in [1.29, 1.82) is 0 Å². The fourth-order valence-electron chi connectivity index (χ4n) is 1.21. The molecule has 0 fully saturated rings. The predicted molar refractivity (Wildman–Crippen MR) is 57.0 cm³/mol. The monoisotopic (exact) mass is 228 g/mol. The lowest BCUT2D eigenvalue weighted by Gasteiger charge is -1.95. The highest BCUT2D eigenvalue weighted by atomic mass is 35.5. The number of benzene rings is 1. The molecule has 3 nitrogen and oxygen atoms in total. The van der Waals surface area contributed by atoms with Gasteiger partial charge in [-0.15, -0.1) is 12.4 Å². The summed E-state index contributed by atoms with van der Waals surface area (Å²) >= 11 is 0. The van der Waals surface area contributed by atoms with Crippen LogP contribution in [0.15, 0.2) is 34.9 Å². The molecule has 0 bridgehead atoms. The fourth-order valence-corrected chi connectivity index (χ4v) is 1.21. The molecule has 1 aromatic heterocycles. The van der Waals surface area contributed by atoms with Gasteiger partial charge < -0.3 is 10.3 Å². The van der Waals surface area contributed by atoms with Gasteiger partial charge in [-0.05, 0) is 12.1 Å². The van der Waals surface area contributed by atoms with Crippen molar-refractivity contribution in [2.75, 3.05) is 0 Å². The van der Waals surface area contributed by atoms with E-state index in [1.165, 1.54) is 6.07 Å². The molecule has 0 saturated heterocycles. The van der Waals surface area contributed by atoms with Crippen molar-refractivity contribution in [3.63, 3.8) is 0 Å². The fraction of sp³-hybridized carbons (Fsp3) is 0.100. The van der Waals surface area contributed by atoms with Crippen molar-refractivity contribution in [2.45, 2.75) is 6.54 Å². The smallest absolute Gasteiger partial charge is 0.150 e. The Morgan fingerprint density at radius 1 is 1.33 bits per heavy atom. The molecule has 15 heavy (non-hydrogen) atoms. The summed E-state index contributed by atoms with van der Waals surface area (Å²) in [6.45, 7) is 0.265. The van der Waals surface area contributed by atoms with E-state index in [0.29, 0.717) is 17.0 Å². The average Bonchev–Trinajstić information content (AvgIpc) is 2.67. The van der Waals surface area contributed by atoms with Crippen molar-refractivity contribution in [3.05, 3.63) is 41.9 Å². The van der Waals surface area contributed by atoms with E-state index in [-0.39, 0.29) is 24.8 Å². The molecule has 2 N–H and O–H groups in total. The summed E-state index contributed by atoms with van der Waals surface area (Å²) in [7, 11) is 0. The molecule has 0 amide bonds. The highest BCUT2D eigenvalue weighted by molar-refractivity contribution is 5.85. The molecule has 0 aliphatic carbocycles. The maximum atomic E-state index is 13.3. The summed E-state index contributed by atoms with van der Waals surface area (Å²) in [5, 5.41) is 3.72. The van der Waals surface area contributed by atoms with Crippen LogP contribution in [0.1, 0.15) is 5.76 Å². The van der Waals surface area contributed by atoms with Gasteiger partial charge in [0.25, 0.3) is 0 Å². The van der Waals surface area contributed by atoms with Gasteiger partial charge in [0.1, 0.15) is 11.5 Å². The number of hydrogen-bond acceptors (Lipinski definition) is 3. The lowest BCUT2D eigenvalue weighted by Crippen LogP contribution is -1.92. The Morgan fingerprint density at radius 2 is 2.07 bits per heavy atom. The molecule has 0 unspecified atom stereocenters. The summed E-state index contributed by atoms with van der Waals surface area (Å²) in [6, 6.07) is 8.04. The minimum atomic E-state index is -0.315. The highest BCUT2D eigenvalue weighted by Gasteiger charge is 2.08. The number of rotatable bonds is 2. The van der Waals surface area contributed by atoms with Crippen LogP contribution in [0.4, 0.5) is 4.39 Å². The van der Waals surface area contributed by atoms with Crippen molar-refractivity contribution in [2.24, 2.45) is 5.73 Å². The molecule has 0 radical (unpaired) electrons. The molecule has 0 aliphatic rings. The molecule has 0 aliphatic heterocycles. The van der Waals surface area contributed by atoms with E-state index in [4.69, 9.17) is 10.3 Å². The first-order valence-corrected chi connectivity index (χ1v) is 4.22. The third-order valence-electron chi connectivity index (χ3n) is 1.91. The maximum absolute atomic E-state index is 13.3. The lowest BCUT2D eigenvalue weighted by molar-refractivity contribution is 0.386.